The summed E-state index contributed by atoms with van der Waals surface area (Å²) in [5.41, 5.74) is -0.564. The maximum atomic E-state index is 13.4. The molecule has 4 heterocycles. The van der Waals surface area contributed by atoms with E-state index in [4.69, 9.17) is 9.15 Å². The van der Waals surface area contributed by atoms with Crippen molar-refractivity contribution in [3.8, 4) is 0 Å². The molecule has 2 saturated heterocycles. The van der Waals surface area contributed by atoms with E-state index in [1.165, 1.54) is 18.2 Å². The highest BCUT2D eigenvalue weighted by atomic mass is 19.4. The molecular weight excluding hydrogens is 484 g/mol. The quantitative estimate of drug-likeness (QED) is 0.509. The fourth-order valence-corrected chi connectivity index (χ4v) is 5.30. The smallest absolute Gasteiger partial charge is 0.422 e. The summed E-state index contributed by atoms with van der Waals surface area (Å²) in [4.78, 5) is 17.3. The number of hydrogen-bond donors (Lipinski definition) is 1. The summed E-state index contributed by atoms with van der Waals surface area (Å²) in [7, 11) is 0. The minimum Gasteiger partial charge on any atom is -0.422 e. The molecule has 3 aromatic rings. The van der Waals surface area contributed by atoms with Gasteiger partial charge in [-0.15, -0.1) is 23.4 Å². The van der Waals surface area contributed by atoms with Crippen LogP contribution < -0.4 is 5.32 Å². The first-order valence-electron chi connectivity index (χ1n) is 11.7. The number of hydrogen-bond acceptors (Lipinski definition) is 7. The molecule has 2 bridgehead atoms. The predicted molar refractivity (Wildman–Crippen MR) is 115 cm³/mol. The van der Waals surface area contributed by atoms with Crippen LogP contribution in [-0.2, 0) is 15.1 Å². The fourth-order valence-electron chi connectivity index (χ4n) is 5.30. The van der Waals surface area contributed by atoms with Gasteiger partial charge in [-0.2, -0.15) is 0 Å². The molecule has 0 unspecified atom stereocenters. The van der Waals surface area contributed by atoms with Gasteiger partial charge in [-0.1, -0.05) is 6.07 Å². The molecule has 2 aliphatic heterocycles. The predicted octanol–water partition coefficient (Wildman–Crippen LogP) is 4.51. The van der Waals surface area contributed by atoms with Gasteiger partial charge in [0.1, 0.15) is 17.1 Å². The van der Waals surface area contributed by atoms with Crippen LogP contribution >= 0.6 is 0 Å². The third-order valence-electron chi connectivity index (χ3n) is 7.48. The van der Waals surface area contributed by atoms with Gasteiger partial charge in [0.25, 0.3) is 5.91 Å². The Morgan fingerprint density at radius 3 is 2.56 bits per heavy atom. The number of fused-ring (bicyclic) bond motifs is 4. The van der Waals surface area contributed by atoms with Crippen LogP contribution in [0.4, 0.5) is 17.6 Å². The number of ether oxygens (including phenoxy) is 2. The molecule has 190 valence electrons. The van der Waals surface area contributed by atoms with Crippen LogP contribution in [0.5, 0.6) is 0 Å². The van der Waals surface area contributed by atoms with E-state index in [1.807, 2.05) is 0 Å². The first kappa shape index (κ1) is 23.3. The molecule has 0 atom stereocenters. The van der Waals surface area contributed by atoms with Crippen LogP contribution in [0.1, 0.15) is 66.7 Å². The van der Waals surface area contributed by atoms with E-state index in [1.54, 1.807) is 12.1 Å². The van der Waals surface area contributed by atoms with Crippen LogP contribution in [0.2, 0.25) is 0 Å². The lowest BCUT2D eigenvalue weighted by molar-refractivity contribution is -0.352. The molecule has 2 aromatic heterocycles. The van der Waals surface area contributed by atoms with Crippen molar-refractivity contribution < 1.29 is 36.2 Å². The highest BCUT2D eigenvalue weighted by Gasteiger charge is 2.54. The molecule has 1 amide bonds. The van der Waals surface area contributed by atoms with Gasteiger partial charge in [-0.05, 0) is 62.8 Å². The summed E-state index contributed by atoms with van der Waals surface area (Å²) < 4.78 is 66.5. The maximum Gasteiger partial charge on any atom is 0.522 e. The molecule has 7 rings (SSSR count). The number of benzene rings is 1. The number of alkyl halides is 3. The largest absolute Gasteiger partial charge is 0.522 e. The molecule has 0 spiro atoms. The lowest BCUT2D eigenvalue weighted by Gasteiger charge is -2.51. The number of nitrogens with one attached hydrogen (secondary N) is 1. The van der Waals surface area contributed by atoms with Crippen molar-refractivity contribution >= 4 is 16.8 Å². The molecular formula is C24H22F4N4O4. The third kappa shape index (κ3) is 4.21. The van der Waals surface area contributed by atoms with Crippen LogP contribution in [0.25, 0.3) is 10.9 Å². The van der Waals surface area contributed by atoms with E-state index in [-0.39, 0.29) is 42.8 Å². The van der Waals surface area contributed by atoms with Crippen molar-refractivity contribution in [3.05, 3.63) is 53.6 Å². The standard InChI is InChI=1S/C24H22F4N4O4/c25-15-2-4-17-13(9-15)1-3-18(29-17)19(33)30-22-5-7-23(8-6-22,34-12-22)21-32-31-20(35-21)14-10-16(11-14)36-24(26,27)28/h1-4,9,14,16H,5-8,10-12H2,(H,30,33). The van der Waals surface area contributed by atoms with Crippen molar-refractivity contribution in [1.29, 1.82) is 0 Å². The summed E-state index contributed by atoms with van der Waals surface area (Å²) in [5.74, 6) is -0.360. The number of nitrogens with zero attached hydrogens (tertiary/aromatic N) is 3. The molecule has 2 saturated carbocycles. The third-order valence-corrected chi connectivity index (χ3v) is 7.48. The molecule has 1 N–H and O–H groups in total. The zero-order valence-corrected chi connectivity index (χ0v) is 19.0. The lowest BCUT2D eigenvalue weighted by atomic mass is 9.71. The van der Waals surface area contributed by atoms with Crippen molar-refractivity contribution in [3.63, 3.8) is 0 Å². The molecule has 1 aromatic carbocycles. The topological polar surface area (TPSA) is 99.4 Å². The van der Waals surface area contributed by atoms with Gasteiger partial charge in [0.05, 0.1) is 23.8 Å². The van der Waals surface area contributed by atoms with E-state index < -0.39 is 23.6 Å². The van der Waals surface area contributed by atoms with Crippen molar-refractivity contribution in [2.75, 3.05) is 6.61 Å². The average Bonchev–Trinajstić information content (AvgIpc) is 3.32. The Labute approximate surface area is 202 Å². The first-order valence-corrected chi connectivity index (χ1v) is 11.7. The second kappa shape index (κ2) is 8.20. The number of rotatable bonds is 5. The van der Waals surface area contributed by atoms with Gasteiger partial charge in [0, 0.05) is 11.3 Å². The van der Waals surface area contributed by atoms with Crippen LogP contribution in [-0.4, -0.2) is 45.7 Å². The van der Waals surface area contributed by atoms with Crippen molar-refractivity contribution in [1.82, 2.24) is 20.5 Å². The summed E-state index contributed by atoms with van der Waals surface area (Å²) >= 11 is 0. The van der Waals surface area contributed by atoms with Crippen molar-refractivity contribution in [2.24, 2.45) is 0 Å². The normalized spacial score (nSPS) is 29.8. The Bertz CT molecular complexity index is 1300. The van der Waals surface area contributed by atoms with Crippen molar-refractivity contribution in [2.45, 2.75) is 68.0 Å². The molecule has 12 heteroatoms. The Morgan fingerprint density at radius 1 is 1.08 bits per heavy atom. The molecule has 4 fully saturated rings. The molecule has 0 radical (unpaired) electrons. The van der Waals surface area contributed by atoms with Crippen LogP contribution in [0.3, 0.4) is 0 Å². The van der Waals surface area contributed by atoms with Gasteiger partial charge < -0.3 is 14.5 Å². The first-order chi connectivity index (χ1) is 17.1. The number of halogens is 4. The molecule has 4 aliphatic rings. The second-order valence-electron chi connectivity index (χ2n) is 9.85. The Morgan fingerprint density at radius 2 is 1.86 bits per heavy atom. The zero-order chi connectivity index (χ0) is 25.1. The van der Waals surface area contributed by atoms with Gasteiger partial charge in [-0.25, -0.2) is 9.37 Å². The second-order valence-corrected chi connectivity index (χ2v) is 9.85. The number of carbonyl (C=O) groups is 1. The van der Waals surface area contributed by atoms with E-state index in [2.05, 4.69) is 25.2 Å². The van der Waals surface area contributed by atoms with E-state index in [0.29, 0.717) is 48.4 Å². The summed E-state index contributed by atoms with van der Waals surface area (Å²) in [6.07, 6.45) is -2.87. The van der Waals surface area contributed by atoms with E-state index in [0.717, 1.165) is 0 Å². The Hall–Kier alpha value is -3.12. The highest BCUT2D eigenvalue weighted by Crippen LogP contribution is 2.50. The number of aromatic nitrogens is 3. The van der Waals surface area contributed by atoms with E-state index >= 15 is 0 Å². The highest BCUT2D eigenvalue weighted by molar-refractivity contribution is 5.95. The SMILES string of the molecule is O=C(NC12CCC(c3nnc(C4CC(OC(F)(F)F)C4)o3)(CC1)OC2)c1ccc2cc(F)ccc2n1. The van der Waals surface area contributed by atoms with Gasteiger partial charge in [-0.3, -0.25) is 9.53 Å². The Balaban J connectivity index is 1.09. The number of amides is 1. The molecule has 8 nitrogen and oxygen atoms in total. The molecule has 2 aliphatic carbocycles. The van der Waals surface area contributed by atoms with Gasteiger partial charge in [0.15, 0.2) is 0 Å². The van der Waals surface area contributed by atoms with Gasteiger partial charge >= 0.3 is 6.36 Å². The minimum atomic E-state index is -4.65. The maximum absolute atomic E-state index is 13.4. The van der Waals surface area contributed by atoms with Crippen LogP contribution in [0, 0.1) is 5.82 Å². The fraction of sp³-hybridized carbons (Fsp3) is 0.500. The molecule has 36 heavy (non-hydrogen) atoms. The van der Waals surface area contributed by atoms with E-state index in [9.17, 15) is 22.4 Å². The lowest BCUT2D eigenvalue weighted by Crippen LogP contribution is -2.62. The summed E-state index contributed by atoms with van der Waals surface area (Å²) in [5, 5.41) is 11.9. The number of pyridine rings is 1. The van der Waals surface area contributed by atoms with Gasteiger partial charge in [0.2, 0.25) is 11.8 Å². The zero-order valence-electron chi connectivity index (χ0n) is 19.0. The Kier molecular flexibility index (Phi) is 5.31. The monoisotopic (exact) mass is 506 g/mol. The number of carbonyl (C=O) groups excluding carboxylic acids is 1. The average molecular weight is 506 g/mol. The minimum absolute atomic E-state index is 0.169. The van der Waals surface area contributed by atoms with Crippen LogP contribution in [0.15, 0.2) is 34.7 Å². The summed E-state index contributed by atoms with van der Waals surface area (Å²) in [6.45, 7) is 0.250. The summed E-state index contributed by atoms with van der Waals surface area (Å²) in [6, 6.07) is 7.42.